The van der Waals surface area contributed by atoms with E-state index in [0.717, 1.165) is 15.3 Å². The molecular weight excluding hydrogens is 320 g/mol. The van der Waals surface area contributed by atoms with Crippen LogP contribution in [0.4, 0.5) is 0 Å². The molecule has 0 aromatic carbocycles. The minimum atomic E-state index is -0.415. The van der Waals surface area contributed by atoms with Crippen molar-refractivity contribution in [1.82, 2.24) is 9.55 Å². The molecule has 0 fully saturated rings. The standard InChI is InChI=1S/C15H20N2O3S2/c1-7(2)17-13(18)11-8(3)9(4)21-12(11)16-15(17)22-10(5)14(19)20-6/h7,10H,1-6H3/t10-/m1/s1. The van der Waals surface area contributed by atoms with E-state index in [1.54, 1.807) is 11.5 Å². The first kappa shape index (κ1) is 17.0. The number of esters is 1. The molecule has 1 atom stereocenters. The zero-order chi connectivity index (χ0) is 16.6. The maximum atomic E-state index is 12.8. The van der Waals surface area contributed by atoms with E-state index in [-0.39, 0.29) is 17.6 Å². The second-order valence-corrected chi connectivity index (χ2v) is 7.92. The van der Waals surface area contributed by atoms with Gasteiger partial charge >= 0.3 is 5.97 Å². The molecule has 0 aliphatic carbocycles. The van der Waals surface area contributed by atoms with Crippen molar-refractivity contribution in [2.75, 3.05) is 7.11 Å². The summed E-state index contributed by atoms with van der Waals surface area (Å²) in [5, 5.41) is 0.833. The van der Waals surface area contributed by atoms with E-state index in [1.165, 1.54) is 30.2 Å². The van der Waals surface area contributed by atoms with Gasteiger partial charge in [0.25, 0.3) is 5.56 Å². The van der Waals surface area contributed by atoms with E-state index >= 15 is 0 Å². The van der Waals surface area contributed by atoms with E-state index < -0.39 is 5.25 Å². The SMILES string of the molecule is COC(=O)[C@@H](C)Sc1nc2sc(C)c(C)c2c(=O)n1C(C)C. The quantitative estimate of drug-likeness (QED) is 0.485. The van der Waals surface area contributed by atoms with Crippen molar-refractivity contribution in [1.29, 1.82) is 0 Å². The molecule has 2 rings (SSSR count). The molecule has 0 spiro atoms. The van der Waals surface area contributed by atoms with Gasteiger partial charge < -0.3 is 4.74 Å². The van der Waals surface area contributed by atoms with Gasteiger partial charge in [-0.25, -0.2) is 4.98 Å². The van der Waals surface area contributed by atoms with E-state index in [9.17, 15) is 9.59 Å². The Morgan fingerprint density at radius 3 is 2.50 bits per heavy atom. The molecule has 2 heterocycles. The maximum Gasteiger partial charge on any atom is 0.318 e. The molecule has 0 aliphatic heterocycles. The monoisotopic (exact) mass is 340 g/mol. The molecule has 7 heteroatoms. The number of ether oxygens (including phenoxy) is 1. The number of thiophene rings is 1. The van der Waals surface area contributed by atoms with Crippen molar-refractivity contribution in [2.24, 2.45) is 0 Å². The summed E-state index contributed by atoms with van der Waals surface area (Å²) in [6.45, 7) is 9.58. The Labute approximate surface area is 137 Å². The van der Waals surface area contributed by atoms with Crippen LogP contribution in [0.15, 0.2) is 9.95 Å². The molecule has 2 aromatic heterocycles. The lowest BCUT2D eigenvalue weighted by molar-refractivity contribution is -0.139. The third kappa shape index (κ3) is 2.92. The summed E-state index contributed by atoms with van der Waals surface area (Å²) in [5.41, 5.74) is 0.950. The zero-order valence-electron chi connectivity index (χ0n) is 13.6. The topological polar surface area (TPSA) is 61.2 Å². The molecule has 0 aliphatic rings. The second kappa shape index (κ2) is 6.42. The van der Waals surface area contributed by atoms with Crippen molar-refractivity contribution in [2.45, 2.75) is 51.1 Å². The number of aryl methyl sites for hydroxylation is 2. The highest BCUT2D eigenvalue weighted by Gasteiger charge is 2.22. The Kier molecular flexibility index (Phi) is 4.97. The molecule has 0 saturated heterocycles. The van der Waals surface area contributed by atoms with Crippen LogP contribution in [-0.4, -0.2) is 27.9 Å². The van der Waals surface area contributed by atoms with Gasteiger partial charge in [-0.2, -0.15) is 0 Å². The van der Waals surface area contributed by atoms with Crippen LogP contribution >= 0.6 is 23.1 Å². The smallest absolute Gasteiger partial charge is 0.318 e. The fourth-order valence-electron chi connectivity index (χ4n) is 2.20. The van der Waals surface area contributed by atoms with Crippen LogP contribution in [0.1, 0.15) is 37.3 Å². The highest BCUT2D eigenvalue weighted by atomic mass is 32.2. The van der Waals surface area contributed by atoms with Crippen molar-refractivity contribution >= 4 is 39.3 Å². The number of carbonyl (C=O) groups is 1. The first-order chi connectivity index (χ1) is 10.3. The Bertz CT molecular complexity index is 777. The summed E-state index contributed by atoms with van der Waals surface area (Å²) < 4.78 is 6.41. The number of methoxy groups -OCH3 is 1. The molecule has 0 saturated carbocycles. The zero-order valence-corrected chi connectivity index (χ0v) is 15.2. The molecule has 5 nitrogen and oxygen atoms in total. The molecule has 0 bridgehead atoms. The van der Waals surface area contributed by atoms with Crippen LogP contribution in [0.5, 0.6) is 0 Å². The Balaban J connectivity index is 2.65. The average molecular weight is 340 g/mol. The van der Waals surface area contributed by atoms with E-state index in [1.807, 2.05) is 27.7 Å². The number of hydrogen-bond acceptors (Lipinski definition) is 6. The highest BCUT2D eigenvalue weighted by Crippen LogP contribution is 2.30. The predicted octanol–water partition coefficient (Wildman–Crippen LogP) is 3.31. The first-order valence-corrected chi connectivity index (χ1v) is 8.74. The fourth-order valence-corrected chi connectivity index (χ4v) is 4.34. The molecule has 22 heavy (non-hydrogen) atoms. The van der Waals surface area contributed by atoms with Crippen molar-refractivity contribution in [3.63, 3.8) is 0 Å². The minimum Gasteiger partial charge on any atom is -0.468 e. The van der Waals surface area contributed by atoms with Crippen LogP contribution in [0, 0.1) is 13.8 Å². The maximum absolute atomic E-state index is 12.8. The van der Waals surface area contributed by atoms with Crippen LogP contribution < -0.4 is 5.56 Å². The molecule has 120 valence electrons. The van der Waals surface area contributed by atoms with E-state index in [2.05, 4.69) is 4.98 Å². The minimum absolute atomic E-state index is 0.0312. The molecule has 0 radical (unpaired) electrons. The van der Waals surface area contributed by atoms with Crippen molar-refractivity contribution in [3.05, 3.63) is 20.8 Å². The first-order valence-electron chi connectivity index (χ1n) is 7.04. The fraction of sp³-hybridized carbons (Fsp3) is 0.533. The van der Waals surface area contributed by atoms with E-state index in [0.29, 0.717) is 10.5 Å². The summed E-state index contributed by atoms with van der Waals surface area (Å²) >= 11 is 2.77. The molecule has 2 aromatic rings. The van der Waals surface area contributed by atoms with Crippen molar-refractivity contribution < 1.29 is 9.53 Å². The third-order valence-electron chi connectivity index (χ3n) is 3.53. The normalized spacial score (nSPS) is 12.9. The number of nitrogens with zero attached hydrogens (tertiary/aromatic N) is 2. The molecular formula is C15H20N2O3S2. The van der Waals surface area contributed by atoms with Crippen LogP contribution in [0.25, 0.3) is 10.2 Å². The van der Waals surface area contributed by atoms with Gasteiger partial charge in [0.05, 0.1) is 12.5 Å². The van der Waals surface area contributed by atoms with Crippen LogP contribution in [0.2, 0.25) is 0 Å². The van der Waals surface area contributed by atoms with Gasteiger partial charge in [0.1, 0.15) is 10.1 Å². The Hall–Kier alpha value is -1.34. The molecule has 0 N–H and O–H groups in total. The van der Waals surface area contributed by atoms with Crippen molar-refractivity contribution in [3.8, 4) is 0 Å². The summed E-state index contributed by atoms with van der Waals surface area (Å²) in [5.74, 6) is -0.326. The molecule has 0 unspecified atom stereocenters. The number of rotatable bonds is 4. The largest absolute Gasteiger partial charge is 0.468 e. The van der Waals surface area contributed by atoms with Gasteiger partial charge in [-0.05, 0) is 40.2 Å². The van der Waals surface area contributed by atoms with E-state index in [4.69, 9.17) is 4.74 Å². The van der Waals surface area contributed by atoms with Gasteiger partial charge in [-0.15, -0.1) is 11.3 Å². The number of thioether (sulfide) groups is 1. The van der Waals surface area contributed by atoms with Gasteiger partial charge in [-0.3, -0.25) is 14.2 Å². The average Bonchev–Trinajstić information content (AvgIpc) is 2.72. The summed E-state index contributed by atoms with van der Waals surface area (Å²) in [7, 11) is 1.36. The Morgan fingerprint density at radius 2 is 1.95 bits per heavy atom. The summed E-state index contributed by atoms with van der Waals surface area (Å²) in [6, 6.07) is -0.0312. The lowest BCUT2D eigenvalue weighted by Gasteiger charge is -2.17. The van der Waals surface area contributed by atoms with Gasteiger partial charge in [0.15, 0.2) is 5.16 Å². The second-order valence-electron chi connectivity index (χ2n) is 5.41. The van der Waals surface area contributed by atoms with Crippen LogP contribution in [0.3, 0.4) is 0 Å². The number of carbonyl (C=O) groups excluding carboxylic acids is 1. The number of hydrogen-bond donors (Lipinski definition) is 0. The third-order valence-corrected chi connectivity index (χ3v) is 5.68. The molecule has 0 amide bonds. The number of fused-ring (bicyclic) bond motifs is 1. The highest BCUT2D eigenvalue weighted by molar-refractivity contribution is 8.00. The van der Waals surface area contributed by atoms with Gasteiger partial charge in [0, 0.05) is 10.9 Å². The van der Waals surface area contributed by atoms with Gasteiger partial charge in [0.2, 0.25) is 0 Å². The Morgan fingerprint density at radius 1 is 1.32 bits per heavy atom. The summed E-state index contributed by atoms with van der Waals surface area (Å²) in [6.07, 6.45) is 0. The lowest BCUT2D eigenvalue weighted by atomic mass is 10.2. The number of aromatic nitrogens is 2. The predicted molar refractivity (Wildman–Crippen MR) is 91.1 cm³/mol. The van der Waals surface area contributed by atoms with Crippen LogP contribution in [-0.2, 0) is 9.53 Å². The van der Waals surface area contributed by atoms with Gasteiger partial charge in [-0.1, -0.05) is 11.8 Å². The lowest BCUT2D eigenvalue weighted by Crippen LogP contribution is -2.26. The summed E-state index contributed by atoms with van der Waals surface area (Å²) in [4.78, 5) is 31.0.